The van der Waals surface area contributed by atoms with Gasteiger partial charge in [0.1, 0.15) is 0 Å². The first-order chi connectivity index (χ1) is 11.8. The molecule has 1 amide bonds. The van der Waals surface area contributed by atoms with Crippen molar-refractivity contribution in [3.8, 4) is 0 Å². The molecule has 0 radical (unpaired) electrons. The summed E-state index contributed by atoms with van der Waals surface area (Å²) in [4.78, 5) is 11.8. The number of unbranched alkanes of at least 4 members (excludes halogenated alkanes) is 1. The normalized spacial score (nSPS) is 14.3. The Morgan fingerprint density at radius 3 is 2.44 bits per heavy atom. The van der Waals surface area contributed by atoms with Crippen LogP contribution in [0.4, 0.5) is 18.0 Å². The lowest BCUT2D eigenvalue weighted by Gasteiger charge is -2.24. The summed E-state index contributed by atoms with van der Waals surface area (Å²) in [6.07, 6.45) is -0.0244. The van der Waals surface area contributed by atoms with Crippen molar-refractivity contribution in [2.24, 2.45) is 0 Å². The summed E-state index contributed by atoms with van der Waals surface area (Å²) in [6.45, 7) is 3.61. The summed E-state index contributed by atoms with van der Waals surface area (Å²) < 4.78 is 43.1. The van der Waals surface area contributed by atoms with Crippen molar-refractivity contribution in [3.05, 3.63) is 47.5 Å². The number of aliphatic hydroxyl groups excluding tert-OH is 1. The Balaban J connectivity index is 2.90. The molecule has 0 aromatic heterocycles. The van der Waals surface area contributed by atoms with E-state index in [4.69, 9.17) is 4.74 Å². The third kappa shape index (κ3) is 6.78. The largest absolute Gasteiger partial charge is 0.450 e. The van der Waals surface area contributed by atoms with Crippen molar-refractivity contribution in [1.29, 1.82) is 0 Å². The first-order valence-electron chi connectivity index (χ1n) is 8.17. The van der Waals surface area contributed by atoms with E-state index >= 15 is 0 Å². The minimum absolute atomic E-state index is 0.273. The fourth-order valence-electron chi connectivity index (χ4n) is 2.33. The number of benzene rings is 1. The second-order valence-electron chi connectivity index (χ2n) is 5.59. The second kappa shape index (κ2) is 10.1. The molecule has 0 aliphatic rings. The van der Waals surface area contributed by atoms with Crippen molar-refractivity contribution >= 4 is 6.09 Å². The van der Waals surface area contributed by atoms with Crippen LogP contribution in [0.3, 0.4) is 0 Å². The fraction of sp³-hybridized carbons (Fsp3) is 0.500. The van der Waals surface area contributed by atoms with Gasteiger partial charge in [-0.1, -0.05) is 37.6 Å². The number of halogens is 3. The average Bonchev–Trinajstić information content (AvgIpc) is 2.57. The maximum atomic E-state index is 12.7. The average molecular weight is 359 g/mol. The molecular weight excluding hydrogens is 335 g/mol. The standard InChI is InChI=1S/C18H24F3NO3/c1-3-5-11-25-17(24)22-16(12-23)15(6-4-2)13-7-9-14(10-8-13)18(19,20)21/h4,6-10,15-16,23H,3,5,11-12H2,1-2H3,(H,22,24)/t15-,16+/m0/s1. The molecule has 0 spiro atoms. The smallest absolute Gasteiger partial charge is 0.416 e. The number of carbonyl (C=O) groups is 1. The topological polar surface area (TPSA) is 58.6 Å². The monoisotopic (exact) mass is 359 g/mol. The number of aliphatic hydroxyl groups is 1. The molecule has 25 heavy (non-hydrogen) atoms. The predicted octanol–water partition coefficient (Wildman–Crippen LogP) is 4.25. The summed E-state index contributed by atoms with van der Waals surface area (Å²) in [5.74, 6) is -0.476. The Morgan fingerprint density at radius 1 is 1.32 bits per heavy atom. The summed E-state index contributed by atoms with van der Waals surface area (Å²) in [5.41, 5.74) is -0.193. The molecule has 0 unspecified atom stereocenters. The number of nitrogens with one attached hydrogen (secondary N) is 1. The van der Waals surface area contributed by atoms with Gasteiger partial charge in [-0.25, -0.2) is 4.79 Å². The molecule has 0 fully saturated rings. The number of ether oxygens (including phenoxy) is 1. The Kier molecular flexibility index (Phi) is 8.48. The lowest BCUT2D eigenvalue weighted by Crippen LogP contribution is -2.41. The van der Waals surface area contributed by atoms with Crippen molar-refractivity contribution in [1.82, 2.24) is 5.32 Å². The number of alkyl carbamates (subject to hydrolysis) is 1. The Bertz CT molecular complexity index is 556. The number of carbonyl (C=O) groups excluding carboxylic acids is 1. The maximum Gasteiger partial charge on any atom is 0.416 e. The molecule has 0 bridgehead atoms. The van der Waals surface area contributed by atoms with Crippen molar-refractivity contribution in [3.63, 3.8) is 0 Å². The van der Waals surface area contributed by atoms with Gasteiger partial charge < -0.3 is 15.2 Å². The van der Waals surface area contributed by atoms with Gasteiger partial charge in [0.15, 0.2) is 0 Å². The van der Waals surface area contributed by atoms with Gasteiger partial charge in [0.05, 0.1) is 24.8 Å². The number of amides is 1. The highest BCUT2D eigenvalue weighted by molar-refractivity contribution is 5.67. The number of hydrogen-bond acceptors (Lipinski definition) is 3. The van der Waals surface area contributed by atoms with Crippen LogP contribution < -0.4 is 5.32 Å². The van der Waals surface area contributed by atoms with E-state index in [1.165, 1.54) is 12.1 Å². The van der Waals surface area contributed by atoms with Gasteiger partial charge in [-0.3, -0.25) is 0 Å². The van der Waals surface area contributed by atoms with Crippen LogP contribution in [0.15, 0.2) is 36.4 Å². The molecule has 1 aromatic rings. The molecule has 1 aromatic carbocycles. The van der Waals surface area contributed by atoms with Crippen molar-refractivity contribution in [2.45, 2.75) is 44.8 Å². The predicted molar refractivity (Wildman–Crippen MR) is 89.3 cm³/mol. The zero-order chi connectivity index (χ0) is 18.9. The van der Waals surface area contributed by atoms with Crippen LogP contribution in [0, 0.1) is 0 Å². The summed E-state index contributed by atoms with van der Waals surface area (Å²) in [5, 5.41) is 12.2. The van der Waals surface area contributed by atoms with Crippen LogP contribution in [-0.4, -0.2) is 30.5 Å². The van der Waals surface area contributed by atoms with Crippen LogP contribution in [0.25, 0.3) is 0 Å². The molecule has 0 saturated heterocycles. The zero-order valence-electron chi connectivity index (χ0n) is 14.3. The molecule has 0 saturated carbocycles. The van der Waals surface area contributed by atoms with E-state index in [2.05, 4.69) is 5.32 Å². The summed E-state index contributed by atoms with van der Waals surface area (Å²) in [7, 11) is 0. The highest BCUT2D eigenvalue weighted by Crippen LogP contribution is 2.31. The fourth-order valence-corrected chi connectivity index (χ4v) is 2.33. The third-order valence-corrected chi connectivity index (χ3v) is 3.69. The van der Waals surface area contributed by atoms with Gasteiger partial charge >= 0.3 is 12.3 Å². The summed E-state index contributed by atoms with van der Waals surface area (Å²) >= 11 is 0. The van der Waals surface area contributed by atoms with Crippen LogP contribution in [0.5, 0.6) is 0 Å². The SMILES string of the molecule is CC=C[C@@H](c1ccc(C(F)(F)F)cc1)[C@@H](CO)NC(=O)OCCCC. The molecule has 7 heteroatoms. The van der Waals surface area contributed by atoms with Gasteiger partial charge in [-0.15, -0.1) is 0 Å². The Labute approximate surface area is 145 Å². The Morgan fingerprint density at radius 2 is 1.96 bits per heavy atom. The first kappa shape index (κ1) is 21.0. The number of hydrogen-bond donors (Lipinski definition) is 2. The zero-order valence-corrected chi connectivity index (χ0v) is 14.3. The lowest BCUT2D eigenvalue weighted by molar-refractivity contribution is -0.137. The van der Waals surface area contributed by atoms with Crippen LogP contribution in [0.2, 0.25) is 0 Å². The van der Waals surface area contributed by atoms with Crippen LogP contribution in [-0.2, 0) is 10.9 Å². The van der Waals surface area contributed by atoms with Crippen LogP contribution in [0.1, 0.15) is 43.7 Å². The number of allylic oxidation sites excluding steroid dienone is 1. The lowest BCUT2D eigenvalue weighted by atomic mass is 9.90. The van der Waals surface area contributed by atoms with Crippen LogP contribution >= 0.6 is 0 Å². The molecule has 140 valence electrons. The first-order valence-corrected chi connectivity index (χ1v) is 8.17. The van der Waals surface area contributed by atoms with E-state index in [0.717, 1.165) is 25.0 Å². The second-order valence-corrected chi connectivity index (χ2v) is 5.59. The van der Waals surface area contributed by atoms with Gasteiger partial charge in [0.25, 0.3) is 0 Å². The van der Waals surface area contributed by atoms with E-state index in [9.17, 15) is 23.1 Å². The van der Waals surface area contributed by atoms with Gasteiger partial charge in [-0.05, 0) is 31.0 Å². The Hall–Kier alpha value is -2.02. The number of alkyl halides is 3. The highest BCUT2D eigenvalue weighted by Gasteiger charge is 2.31. The van der Waals surface area contributed by atoms with E-state index in [1.807, 2.05) is 6.92 Å². The van der Waals surface area contributed by atoms with Crippen molar-refractivity contribution in [2.75, 3.05) is 13.2 Å². The highest BCUT2D eigenvalue weighted by atomic mass is 19.4. The molecule has 0 aliphatic carbocycles. The maximum absolute atomic E-state index is 12.7. The molecule has 2 N–H and O–H groups in total. The molecule has 1 rings (SSSR count). The molecular formula is C18H24F3NO3. The molecule has 2 atom stereocenters. The minimum atomic E-state index is -4.41. The van der Waals surface area contributed by atoms with Gasteiger partial charge in [-0.2, -0.15) is 13.2 Å². The van der Waals surface area contributed by atoms with E-state index in [0.29, 0.717) is 5.56 Å². The molecule has 0 heterocycles. The van der Waals surface area contributed by atoms with Crippen molar-refractivity contribution < 1.29 is 27.8 Å². The quantitative estimate of drug-likeness (QED) is 0.539. The van der Waals surface area contributed by atoms with E-state index in [-0.39, 0.29) is 13.2 Å². The third-order valence-electron chi connectivity index (χ3n) is 3.69. The van der Waals surface area contributed by atoms with E-state index < -0.39 is 29.8 Å². The van der Waals surface area contributed by atoms with E-state index in [1.54, 1.807) is 19.1 Å². The minimum Gasteiger partial charge on any atom is -0.450 e. The van der Waals surface area contributed by atoms with Gasteiger partial charge in [0, 0.05) is 5.92 Å². The molecule has 0 aliphatic heterocycles. The molecule has 4 nitrogen and oxygen atoms in total. The van der Waals surface area contributed by atoms with Gasteiger partial charge in [0.2, 0.25) is 0 Å². The number of rotatable bonds is 8. The summed E-state index contributed by atoms with van der Waals surface area (Å²) in [6, 6.07) is 3.96.